The second-order valence-corrected chi connectivity index (χ2v) is 7.56. The number of halogens is 3. The highest BCUT2D eigenvalue weighted by Gasteiger charge is 2.29. The minimum Gasteiger partial charge on any atom is -0.325 e. The molecule has 1 aliphatic heterocycles. The van der Waals surface area contributed by atoms with Gasteiger partial charge in [0.15, 0.2) is 0 Å². The number of anilines is 1. The van der Waals surface area contributed by atoms with Crippen LogP contribution >= 0.6 is 11.8 Å². The van der Waals surface area contributed by atoms with E-state index in [0.29, 0.717) is 22.3 Å². The first-order valence-electron chi connectivity index (χ1n) is 8.89. The average molecular weight is 420 g/mol. The zero-order chi connectivity index (χ0) is 21.0. The molecule has 0 unspecified atom stereocenters. The van der Waals surface area contributed by atoms with Crippen molar-refractivity contribution < 1.29 is 22.8 Å². The molecular weight excluding hydrogens is 401 g/mol. The molecule has 1 N–H and O–H groups in total. The molecule has 0 radical (unpaired) electrons. The third-order valence-electron chi connectivity index (χ3n) is 4.40. The molecule has 152 valence electrons. The Labute approximate surface area is 170 Å². The van der Waals surface area contributed by atoms with Crippen LogP contribution in [0, 0.1) is 0 Å². The number of nitrogens with one attached hydrogen (secondary N) is 1. The quantitative estimate of drug-likeness (QED) is 0.673. The SMILES string of the molecule is CC(=O)N1C=Cc2ccccc2[C@@H]1CC(=O)Nc1ccccc1SCC(F)(F)F. The average Bonchev–Trinajstić information content (AvgIpc) is 2.66. The fraction of sp³-hybridized carbons (Fsp3) is 0.238. The van der Waals surface area contributed by atoms with Crippen molar-refractivity contribution >= 4 is 35.3 Å². The van der Waals surface area contributed by atoms with Crippen LogP contribution in [0.2, 0.25) is 0 Å². The largest absolute Gasteiger partial charge is 0.398 e. The second kappa shape index (κ2) is 8.73. The second-order valence-electron chi connectivity index (χ2n) is 6.54. The highest BCUT2D eigenvalue weighted by Crippen LogP contribution is 2.35. The molecule has 29 heavy (non-hydrogen) atoms. The highest BCUT2D eigenvalue weighted by molar-refractivity contribution is 7.99. The number of nitrogens with zero attached hydrogens (tertiary/aromatic N) is 1. The van der Waals surface area contributed by atoms with Crippen LogP contribution in [0.3, 0.4) is 0 Å². The molecule has 0 saturated carbocycles. The van der Waals surface area contributed by atoms with Gasteiger partial charge in [0.2, 0.25) is 11.8 Å². The summed E-state index contributed by atoms with van der Waals surface area (Å²) in [5.41, 5.74) is 2.09. The Bertz CT molecular complexity index is 944. The van der Waals surface area contributed by atoms with E-state index in [0.717, 1.165) is 11.1 Å². The van der Waals surface area contributed by atoms with E-state index in [1.54, 1.807) is 24.4 Å². The van der Waals surface area contributed by atoms with Gasteiger partial charge < -0.3 is 10.2 Å². The molecule has 1 aliphatic rings. The predicted molar refractivity (Wildman–Crippen MR) is 107 cm³/mol. The number of fused-ring (bicyclic) bond motifs is 1. The number of amides is 2. The summed E-state index contributed by atoms with van der Waals surface area (Å²) in [7, 11) is 0. The van der Waals surface area contributed by atoms with E-state index in [9.17, 15) is 22.8 Å². The van der Waals surface area contributed by atoms with Gasteiger partial charge in [-0.2, -0.15) is 13.2 Å². The van der Waals surface area contributed by atoms with Crippen LogP contribution in [-0.4, -0.2) is 28.6 Å². The Balaban J connectivity index is 1.77. The molecule has 0 bridgehead atoms. The number of benzene rings is 2. The van der Waals surface area contributed by atoms with Gasteiger partial charge >= 0.3 is 6.18 Å². The van der Waals surface area contributed by atoms with E-state index in [2.05, 4.69) is 5.32 Å². The van der Waals surface area contributed by atoms with Gasteiger partial charge in [-0.05, 0) is 29.3 Å². The number of carbonyl (C=O) groups excluding carboxylic acids is 2. The lowest BCUT2D eigenvalue weighted by Gasteiger charge is -2.32. The first-order chi connectivity index (χ1) is 13.7. The summed E-state index contributed by atoms with van der Waals surface area (Å²) in [4.78, 5) is 26.6. The summed E-state index contributed by atoms with van der Waals surface area (Å²) in [5, 5.41) is 2.70. The van der Waals surface area contributed by atoms with Crippen LogP contribution in [0.1, 0.15) is 30.5 Å². The van der Waals surface area contributed by atoms with Gasteiger partial charge in [0.05, 0.1) is 23.9 Å². The highest BCUT2D eigenvalue weighted by atomic mass is 32.2. The van der Waals surface area contributed by atoms with E-state index in [1.807, 2.05) is 30.3 Å². The van der Waals surface area contributed by atoms with Crippen molar-refractivity contribution in [1.29, 1.82) is 0 Å². The minimum absolute atomic E-state index is 0.0147. The number of rotatable bonds is 5. The summed E-state index contributed by atoms with van der Waals surface area (Å²) >= 11 is 0.621. The predicted octanol–water partition coefficient (Wildman–Crippen LogP) is 5.24. The maximum absolute atomic E-state index is 12.7. The first-order valence-corrected chi connectivity index (χ1v) is 9.87. The van der Waals surface area contributed by atoms with Crippen molar-refractivity contribution in [1.82, 2.24) is 4.90 Å². The van der Waals surface area contributed by atoms with Crippen LogP contribution in [0.4, 0.5) is 18.9 Å². The molecule has 1 heterocycles. The number of carbonyl (C=O) groups is 2. The van der Waals surface area contributed by atoms with Crippen LogP contribution in [0.15, 0.2) is 59.6 Å². The normalized spacial score (nSPS) is 15.7. The fourth-order valence-electron chi connectivity index (χ4n) is 3.15. The van der Waals surface area contributed by atoms with E-state index < -0.39 is 18.0 Å². The lowest BCUT2D eigenvalue weighted by atomic mass is 9.93. The molecule has 3 rings (SSSR count). The molecule has 8 heteroatoms. The number of thioether (sulfide) groups is 1. The van der Waals surface area contributed by atoms with E-state index in [4.69, 9.17) is 0 Å². The Kier molecular flexibility index (Phi) is 6.32. The zero-order valence-corrected chi connectivity index (χ0v) is 16.4. The van der Waals surface area contributed by atoms with E-state index in [1.165, 1.54) is 17.9 Å². The Morgan fingerprint density at radius 1 is 1.10 bits per heavy atom. The van der Waals surface area contributed by atoms with Gasteiger partial charge in [0.25, 0.3) is 0 Å². The van der Waals surface area contributed by atoms with Crippen LogP contribution < -0.4 is 5.32 Å². The standard InChI is InChI=1S/C21H19F3N2O2S/c1-14(27)26-11-10-15-6-2-3-7-16(15)18(26)12-20(28)25-17-8-4-5-9-19(17)29-13-21(22,23)24/h2-11,18H,12-13H2,1H3,(H,25,28)/t18-/m0/s1. The molecule has 1 atom stereocenters. The van der Waals surface area contributed by atoms with Crippen LogP contribution in [0.5, 0.6) is 0 Å². The van der Waals surface area contributed by atoms with Crippen molar-refractivity contribution in [3.63, 3.8) is 0 Å². The van der Waals surface area contributed by atoms with Crippen molar-refractivity contribution in [2.45, 2.75) is 30.5 Å². The van der Waals surface area contributed by atoms with Crippen molar-refractivity contribution in [2.24, 2.45) is 0 Å². The molecule has 0 fully saturated rings. The van der Waals surface area contributed by atoms with Crippen LogP contribution in [0.25, 0.3) is 6.08 Å². The molecule has 0 saturated heterocycles. The van der Waals surface area contributed by atoms with Gasteiger partial charge in [0.1, 0.15) is 0 Å². The summed E-state index contributed by atoms with van der Waals surface area (Å²) in [6.07, 6.45) is -0.856. The topological polar surface area (TPSA) is 49.4 Å². The maximum Gasteiger partial charge on any atom is 0.398 e. The summed E-state index contributed by atoms with van der Waals surface area (Å²) in [6, 6.07) is 13.4. The zero-order valence-electron chi connectivity index (χ0n) is 15.6. The van der Waals surface area contributed by atoms with Crippen molar-refractivity contribution in [2.75, 3.05) is 11.1 Å². The van der Waals surface area contributed by atoms with Gasteiger partial charge in [0, 0.05) is 18.0 Å². The number of alkyl halides is 3. The Hall–Kier alpha value is -2.74. The summed E-state index contributed by atoms with van der Waals surface area (Å²) in [5.74, 6) is -1.63. The lowest BCUT2D eigenvalue weighted by molar-refractivity contribution is -0.129. The van der Waals surface area contributed by atoms with Gasteiger partial charge in [-0.15, -0.1) is 11.8 Å². The smallest absolute Gasteiger partial charge is 0.325 e. The Morgan fingerprint density at radius 3 is 2.52 bits per heavy atom. The maximum atomic E-state index is 12.7. The number of para-hydroxylation sites is 1. The van der Waals surface area contributed by atoms with E-state index in [-0.39, 0.29) is 18.2 Å². The van der Waals surface area contributed by atoms with Gasteiger partial charge in [-0.1, -0.05) is 36.4 Å². The lowest BCUT2D eigenvalue weighted by Crippen LogP contribution is -2.33. The molecule has 2 aromatic rings. The minimum atomic E-state index is -4.30. The fourth-order valence-corrected chi connectivity index (χ4v) is 3.91. The molecule has 0 aromatic heterocycles. The third-order valence-corrected chi connectivity index (χ3v) is 5.54. The van der Waals surface area contributed by atoms with Gasteiger partial charge in [-0.25, -0.2) is 0 Å². The van der Waals surface area contributed by atoms with Crippen molar-refractivity contribution in [3.8, 4) is 0 Å². The molecule has 2 aromatic carbocycles. The summed E-state index contributed by atoms with van der Waals surface area (Å²) in [6.45, 7) is 1.42. The molecule has 0 aliphatic carbocycles. The third kappa shape index (κ3) is 5.41. The number of hydrogen-bond acceptors (Lipinski definition) is 3. The van der Waals surface area contributed by atoms with Crippen LogP contribution in [-0.2, 0) is 9.59 Å². The number of hydrogen-bond donors (Lipinski definition) is 1. The Morgan fingerprint density at radius 2 is 1.79 bits per heavy atom. The van der Waals surface area contributed by atoms with Gasteiger partial charge in [-0.3, -0.25) is 9.59 Å². The first kappa shape index (κ1) is 21.0. The monoisotopic (exact) mass is 420 g/mol. The van der Waals surface area contributed by atoms with Crippen molar-refractivity contribution in [3.05, 3.63) is 65.9 Å². The van der Waals surface area contributed by atoms with E-state index >= 15 is 0 Å². The molecule has 4 nitrogen and oxygen atoms in total. The summed E-state index contributed by atoms with van der Waals surface area (Å²) < 4.78 is 37.7. The molecule has 0 spiro atoms. The molecular formula is C21H19F3N2O2S. The molecule has 2 amide bonds.